The minimum Gasteiger partial charge on any atom is -0.379 e. The van der Waals surface area contributed by atoms with Crippen LogP contribution in [0, 0.1) is 5.92 Å². The van der Waals surface area contributed by atoms with E-state index >= 15 is 0 Å². The van der Waals surface area contributed by atoms with Crippen LogP contribution in [0.5, 0.6) is 0 Å². The lowest BCUT2D eigenvalue weighted by atomic mass is 10.0. The molecule has 23 heteroatoms. The minimum atomic E-state index is -1.20. The number of carbonyl (C=O) groups is 6. The van der Waals surface area contributed by atoms with E-state index in [1.807, 2.05) is 0 Å². The average molecular weight is 746 g/mol. The van der Waals surface area contributed by atoms with E-state index in [1.165, 1.54) is 9.80 Å². The zero-order valence-corrected chi connectivity index (χ0v) is 29.9. The number of azide groups is 1. The molecule has 0 aromatic heterocycles. The highest BCUT2D eigenvalue weighted by Crippen LogP contribution is 2.05. The Hall–Kier alpha value is -4.19. The molecule has 0 bridgehead atoms. The highest BCUT2D eigenvalue weighted by atomic mass is 16.5. The summed E-state index contributed by atoms with van der Waals surface area (Å²) in [6, 6.07) is 0. The Morgan fingerprint density at radius 1 is 0.558 bits per heavy atom. The van der Waals surface area contributed by atoms with Crippen molar-refractivity contribution in [1.29, 1.82) is 0 Å². The molecule has 0 aromatic carbocycles. The molecule has 0 aliphatic heterocycles. The molecule has 0 heterocycles. The molecule has 52 heavy (non-hydrogen) atoms. The number of rotatable bonds is 33. The molecule has 0 aliphatic carbocycles. The summed E-state index contributed by atoms with van der Waals surface area (Å²) in [5.41, 5.74) is 30.1. The van der Waals surface area contributed by atoms with Crippen LogP contribution >= 0.6 is 0 Å². The fraction of sp³-hybridized carbons (Fsp3) is 0.793. The molecule has 0 spiro atoms. The normalized spacial score (nSPS) is 10.8. The van der Waals surface area contributed by atoms with Crippen LogP contribution in [0.2, 0.25) is 0 Å². The Kier molecular flexibility index (Phi) is 30.1. The Labute approximate surface area is 303 Å². The quantitative estimate of drug-likeness (QED) is 0.00982. The van der Waals surface area contributed by atoms with Gasteiger partial charge in [0.2, 0.25) is 35.4 Å². The molecule has 0 saturated carbocycles. The van der Waals surface area contributed by atoms with Gasteiger partial charge in [0.05, 0.1) is 46.0 Å². The Balaban J connectivity index is 5.49. The summed E-state index contributed by atoms with van der Waals surface area (Å²) in [7, 11) is 0. The van der Waals surface area contributed by atoms with Crippen molar-refractivity contribution < 1.29 is 38.2 Å². The first-order valence-electron chi connectivity index (χ1n) is 17.1. The van der Waals surface area contributed by atoms with Crippen molar-refractivity contribution in [3.8, 4) is 0 Å². The second kappa shape index (κ2) is 32.7. The predicted octanol–water partition coefficient (Wildman–Crippen LogP) is -6.53. The van der Waals surface area contributed by atoms with Gasteiger partial charge in [0.1, 0.15) is 5.92 Å². The van der Waals surface area contributed by atoms with Crippen LogP contribution in [-0.2, 0) is 38.2 Å². The average Bonchev–Trinajstić information content (AvgIpc) is 3.11. The van der Waals surface area contributed by atoms with E-state index < -0.39 is 17.7 Å². The summed E-state index contributed by atoms with van der Waals surface area (Å²) >= 11 is 0. The monoisotopic (exact) mass is 745 g/mol. The molecule has 0 rings (SSSR count). The third kappa shape index (κ3) is 26.6. The third-order valence-corrected chi connectivity index (χ3v) is 6.74. The SMILES string of the molecule is [N-]=[N+]=NCCOCCOCCC(C(=O)NCCN(CC(=O)NCCN)CC(=O)NCCN)C(=O)NCCN(CC(=O)NCCN)CC(=O)NCCN. The largest absolute Gasteiger partial charge is 0.379 e. The third-order valence-electron chi connectivity index (χ3n) is 6.74. The maximum Gasteiger partial charge on any atom is 0.234 e. The van der Waals surface area contributed by atoms with Gasteiger partial charge in [-0.1, -0.05) is 5.11 Å². The minimum absolute atomic E-state index is 0.000425. The van der Waals surface area contributed by atoms with Crippen LogP contribution in [0.4, 0.5) is 0 Å². The van der Waals surface area contributed by atoms with Crippen molar-refractivity contribution in [3.63, 3.8) is 0 Å². The molecular weight excluding hydrogens is 686 g/mol. The van der Waals surface area contributed by atoms with Crippen molar-refractivity contribution in [2.24, 2.45) is 34.0 Å². The number of amides is 6. The molecule has 0 radical (unpaired) electrons. The highest BCUT2D eigenvalue weighted by molar-refractivity contribution is 6.00. The zero-order valence-electron chi connectivity index (χ0n) is 29.9. The lowest BCUT2D eigenvalue weighted by molar-refractivity contribution is -0.136. The predicted molar refractivity (Wildman–Crippen MR) is 191 cm³/mol. The summed E-state index contributed by atoms with van der Waals surface area (Å²) in [6.45, 7) is 2.38. The van der Waals surface area contributed by atoms with Gasteiger partial charge in [0.15, 0.2) is 0 Å². The summed E-state index contributed by atoms with van der Waals surface area (Å²) in [4.78, 5) is 81.6. The summed E-state index contributed by atoms with van der Waals surface area (Å²) in [5.74, 6) is -3.87. The van der Waals surface area contributed by atoms with E-state index in [0.29, 0.717) is 0 Å². The molecule has 0 aromatic rings. The molecule has 0 atom stereocenters. The van der Waals surface area contributed by atoms with Crippen LogP contribution in [0.25, 0.3) is 10.4 Å². The Morgan fingerprint density at radius 3 is 1.27 bits per heavy atom. The highest BCUT2D eigenvalue weighted by Gasteiger charge is 2.27. The van der Waals surface area contributed by atoms with E-state index in [0.717, 1.165) is 0 Å². The van der Waals surface area contributed by atoms with Gasteiger partial charge in [-0.2, -0.15) is 0 Å². The van der Waals surface area contributed by atoms with Gasteiger partial charge in [-0.3, -0.25) is 38.6 Å². The van der Waals surface area contributed by atoms with Crippen LogP contribution in [-0.4, -0.2) is 183 Å². The van der Waals surface area contributed by atoms with Crippen LogP contribution in [0.1, 0.15) is 6.42 Å². The fourth-order valence-corrected chi connectivity index (χ4v) is 4.29. The molecule has 0 aliphatic rings. The van der Waals surface area contributed by atoms with E-state index in [1.54, 1.807) is 0 Å². The standard InChI is InChI=1S/C29H59N15O8/c30-2-6-35-24(45)19-43(20-25(46)36-7-3-31)13-10-39-28(49)23(1-15-51-17-18-52-16-12-41-42-34)29(50)40-11-14-44(21-26(47)37-8-4-32)22-27(48)38-9-5-33/h23H,1-22,30-33H2,(H,35,45)(H,36,46)(H,37,47)(H,38,48)(H,39,49)(H,40,50). The maximum absolute atomic E-state index is 13.3. The van der Waals surface area contributed by atoms with Crippen molar-refractivity contribution >= 4 is 35.4 Å². The molecule has 23 nitrogen and oxygen atoms in total. The number of carbonyl (C=O) groups excluding carboxylic acids is 6. The van der Waals surface area contributed by atoms with E-state index in [2.05, 4.69) is 41.9 Å². The first-order valence-corrected chi connectivity index (χ1v) is 17.1. The second-order valence-corrected chi connectivity index (χ2v) is 11.1. The van der Waals surface area contributed by atoms with Gasteiger partial charge in [0, 0.05) is 96.6 Å². The lowest BCUT2D eigenvalue weighted by Crippen LogP contribution is -2.49. The summed E-state index contributed by atoms with van der Waals surface area (Å²) in [6.07, 6.45) is -0.00417. The van der Waals surface area contributed by atoms with Crippen LogP contribution < -0.4 is 54.8 Å². The first kappa shape index (κ1) is 47.8. The number of nitrogens with zero attached hydrogens (tertiary/aromatic N) is 5. The van der Waals surface area contributed by atoms with E-state index in [-0.39, 0.29) is 168 Å². The van der Waals surface area contributed by atoms with E-state index in [9.17, 15) is 28.8 Å². The Bertz CT molecular complexity index is 987. The molecule has 14 N–H and O–H groups in total. The molecule has 0 saturated heterocycles. The van der Waals surface area contributed by atoms with Gasteiger partial charge in [0.25, 0.3) is 0 Å². The van der Waals surface area contributed by atoms with Gasteiger partial charge in [-0.05, 0) is 12.0 Å². The molecule has 0 fully saturated rings. The number of ether oxygens (including phenoxy) is 2. The first-order chi connectivity index (χ1) is 25.1. The molecular formula is C29H59N15O8. The smallest absolute Gasteiger partial charge is 0.234 e. The van der Waals surface area contributed by atoms with Gasteiger partial charge >= 0.3 is 0 Å². The number of nitrogens with two attached hydrogens (primary N) is 4. The van der Waals surface area contributed by atoms with Gasteiger partial charge in [-0.15, -0.1) is 0 Å². The van der Waals surface area contributed by atoms with Crippen LogP contribution in [0.3, 0.4) is 0 Å². The van der Waals surface area contributed by atoms with Crippen molar-refractivity contribution in [2.45, 2.75) is 6.42 Å². The lowest BCUT2D eigenvalue weighted by Gasteiger charge is -2.23. The van der Waals surface area contributed by atoms with Crippen molar-refractivity contribution in [2.75, 3.05) is 138 Å². The number of nitrogens with one attached hydrogen (secondary N) is 6. The summed E-state index contributed by atoms with van der Waals surface area (Å²) in [5, 5.41) is 19.3. The maximum atomic E-state index is 13.3. The molecule has 0 unspecified atom stereocenters. The topological polar surface area (TPSA) is 352 Å². The second-order valence-electron chi connectivity index (χ2n) is 11.1. The summed E-state index contributed by atoms with van der Waals surface area (Å²) < 4.78 is 10.8. The van der Waals surface area contributed by atoms with Gasteiger partial charge < -0.3 is 64.3 Å². The Morgan fingerprint density at radius 2 is 0.923 bits per heavy atom. The van der Waals surface area contributed by atoms with Gasteiger partial charge in [-0.25, -0.2) is 0 Å². The molecule has 6 amide bonds. The van der Waals surface area contributed by atoms with Crippen molar-refractivity contribution in [1.82, 2.24) is 41.7 Å². The number of hydrogen-bond acceptors (Lipinski definition) is 15. The van der Waals surface area contributed by atoms with Crippen LogP contribution in [0.15, 0.2) is 5.11 Å². The number of hydrogen-bond donors (Lipinski definition) is 10. The fourth-order valence-electron chi connectivity index (χ4n) is 4.29. The zero-order chi connectivity index (χ0) is 38.8. The van der Waals surface area contributed by atoms with Crippen molar-refractivity contribution in [3.05, 3.63) is 10.4 Å². The molecule has 298 valence electrons. The van der Waals surface area contributed by atoms with E-state index in [4.69, 9.17) is 37.9 Å².